The van der Waals surface area contributed by atoms with E-state index < -0.39 is 5.60 Å². The van der Waals surface area contributed by atoms with E-state index in [2.05, 4.69) is 39.8 Å². The van der Waals surface area contributed by atoms with Crippen LogP contribution < -0.4 is 15.4 Å². The molecule has 1 amide bonds. The highest BCUT2D eigenvalue weighted by Crippen LogP contribution is 2.38. The number of rotatable bonds is 9. The number of fused-ring (bicyclic) bond motifs is 1. The first-order chi connectivity index (χ1) is 15.1. The van der Waals surface area contributed by atoms with Crippen LogP contribution in [0.3, 0.4) is 0 Å². The third-order valence-corrected chi connectivity index (χ3v) is 6.39. The minimum Gasteiger partial charge on any atom is -0.478 e. The number of carbonyl (C=O) groups is 2. The van der Waals surface area contributed by atoms with Gasteiger partial charge in [-0.25, -0.2) is 0 Å². The van der Waals surface area contributed by atoms with Crippen molar-refractivity contribution in [2.45, 2.75) is 44.2 Å². The van der Waals surface area contributed by atoms with E-state index in [0.717, 1.165) is 58.0 Å². The van der Waals surface area contributed by atoms with E-state index in [1.54, 1.807) is 25.2 Å². The van der Waals surface area contributed by atoms with E-state index in [1.807, 2.05) is 0 Å². The first-order valence-electron chi connectivity index (χ1n) is 11.2. The molecule has 0 aromatic heterocycles. The molecule has 1 aliphatic carbocycles. The predicted octanol–water partition coefficient (Wildman–Crippen LogP) is 3.41. The molecule has 1 aliphatic heterocycles. The van der Waals surface area contributed by atoms with E-state index >= 15 is 0 Å². The summed E-state index contributed by atoms with van der Waals surface area (Å²) in [6, 6.07) is 13.9. The maximum absolute atomic E-state index is 12.6. The first-order valence-corrected chi connectivity index (χ1v) is 11.2. The number of carbonyl (C=O) groups excluding carboxylic acids is 2. The highest BCUT2D eigenvalue weighted by atomic mass is 16.5. The maximum atomic E-state index is 12.6. The van der Waals surface area contributed by atoms with Crippen molar-refractivity contribution in [3.05, 3.63) is 59.2 Å². The van der Waals surface area contributed by atoms with Gasteiger partial charge in [-0.15, -0.1) is 0 Å². The zero-order valence-electron chi connectivity index (χ0n) is 18.2. The van der Waals surface area contributed by atoms with Crippen LogP contribution in [-0.2, 0) is 17.8 Å². The second-order valence-electron chi connectivity index (χ2n) is 8.50. The van der Waals surface area contributed by atoms with Crippen LogP contribution in [0.2, 0.25) is 0 Å². The van der Waals surface area contributed by atoms with Gasteiger partial charge in [0.1, 0.15) is 5.75 Å². The molecular weight excluding hydrogens is 390 g/mol. The molecule has 2 N–H and O–H groups in total. The summed E-state index contributed by atoms with van der Waals surface area (Å²) in [4.78, 5) is 26.4. The molecule has 164 valence electrons. The normalized spacial score (nSPS) is 17.2. The van der Waals surface area contributed by atoms with Crippen molar-refractivity contribution in [2.75, 3.05) is 32.0 Å². The average molecular weight is 422 g/mol. The number of anilines is 1. The highest BCUT2D eigenvalue weighted by Gasteiger charge is 2.39. The fourth-order valence-electron chi connectivity index (χ4n) is 4.30. The number of hydrogen-bond donors (Lipinski definition) is 2. The lowest BCUT2D eigenvalue weighted by Gasteiger charge is -2.37. The Hall–Kier alpha value is -2.86. The SMILES string of the molecule is CNc1cc(C(=O)NCCCN2CCc3ccccc3C2)ccc1OC1(C=O)CCC1. The zero-order valence-corrected chi connectivity index (χ0v) is 18.2. The van der Waals surface area contributed by atoms with Gasteiger partial charge < -0.3 is 15.4 Å². The number of nitrogens with one attached hydrogen (secondary N) is 2. The molecule has 0 bridgehead atoms. The van der Waals surface area contributed by atoms with Gasteiger partial charge in [0.05, 0.1) is 5.69 Å². The number of aldehydes is 1. The van der Waals surface area contributed by atoms with Gasteiger partial charge in [0.2, 0.25) is 0 Å². The van der Waals surface area contributed by atoms with Crippen molar-refractivity contribution >= 4 is 17.9 Å². The van der Waals surface area contributed by atoms with Crippen molar-refractivity contribution in [1.82, 2.24) is 10.2 Å². The second kappa shape index (κ2) is 9.52. The first kappa shape index (κ1) is 21.4. The minimum atomic E-state index is -0.704. The molecule has 2 aliphatic rings. The van der Waals surface area contributed by atoms with Crippen molar-refractivity contribution in [3.63, 3.8) is 0 Å². The molecule has 1 heterocycles. The van der Waals surface area contributed by atoms with Gasteiger partial charge in [-0.2, -0.15) is 0 Å². The Kier molecular flexibility index (Phi) is 6.56. The van der Waals surface area contributed by atoms with Crippen LogP contribution in [0.15, 0.2) is 42.5 Å². The standard InChI is InChI=1S/C25H31N3O3/c1-26-22-16-20(8-9-23(22)31-25(18-29)11-4-12-25)24(30)27-13-5-14-28-15-10-19-6-2-3-7-21(19)17-28/h2-3,6-9,16,18,26H,4-5,10-15,17H2,1H3,(H,27,30). The largest absolute Gasteiger partial charge is 0.478 e. The Morgan fingerprint density at radius 2 is 2.00 bits per heavy atom. The maximum Gasteiger partial charge on any atom is 0.251 e. The smallest absolute Gasteiger partial charge is 0.251 e. The van der Waals surface area contributed by atoms with Gasteiger partial charge in [-0.3, -0.25) is 14.5 Å². The molecule has 0 radical (unpaired) electrons. The Bertz CT molecular complexity index is 939. The highest BCUT2D eigenvalue weighted by molar-refractivity contribution is 5.95. The lowest BCUT2D eigenvalue weighted by Crippen LogP contribution is -2.44. The molecule has 31 heavy (non-hydrogen) atoms. The van der Waals surface area contributed by atoms with Crippen LogP contribution >= 0.6 is 0 Å². The molecule has 0 atom stereocenters. The second-order valence-corrected chi connectivity index (χ2v) is 8.50. The van der Waals surface area contributed by atoms with Crippen molar-refractivity contribution in [2.24, 2.45) is 0 Å². The molecule has 2 aromatic rings. The molecule has 0 spiro atoms. The topological polar surface area (TPSA) is 70.7 Å². The molecule has 0 saturated heterocycles. The van der Waals surface area contributed by atoms with Crippen molar-refractivity contribution < 1.29 is 14.3 Å². The monoisotopic (exact) mass is 421 g/mol. The summed E-state index contributed by atoms with van der Waals surface area (Å²) < 4.78 is 5.97. The summed E-state index contributed by atoms with van der Waals surface area (Å²) in [7, 11) is 1.79. The zero-order chi connectivity index (χ0) is 21.7. The summed E-state index contributed by atoms with van der Waals surface area (Å²) in [6.45, 7) is 3.66. The Morgan fingerprint density at radius 1 is 1.19 bits per heavy atom. The van der Waals surface area contributed by atoms with E-state index in [9.17, 15) is 9.59 Å². The van der Waals surface area contributed by atoms with Gasteiger partial charge in [0.15, 0.2) is 11.9 Å². The summed E-state index contributed by atoms with van der Waals surface area (Å²) in [6.07, 6.45) is 5.38. The van der Waals surface area contributed by atoms with Crippen LogP contribution in [0.5, 0.6) is 5.75 Å². The lowest BCUT2D eigenvalue weighted by molar-refractivity contribution is -0.128. The van der Waals surface area contributed by atoms with Gasteiger partial charge >= 0.3 is 0 Å². The number of ether oxygens (including phenoxy) is 1. The number of nitrogens with zero attached hydrogens (tertiary/aromatic N) is 1. The van der Waals surface area contributed by atoms with Crippen LogP contribution in [0.4, 0.5) is 5.69 Å². The molecule has 2 aromatic carbocycles. The Labute approximate surface area is 184 Å². The fourth-order valence-corrected chi connectivity index (χ4v) is 4.30. The summed E-state index contributed by atoms with van der Waals surface area (Å²) >= 11 is 0. The molecular formula is C25H31N3O3. The lowest BCUT2D eigenvalue weighted by atomic mass is 9.81. The number of hydrogen-bond acceptors (Lipinski definition) is 5. The van der Waals surface area contributed by atoms with E-state index in [0.29, 0.717) is 23.5 Å². The molecule has 4 rings (SSSR count). The summed E-state index contributed by atoms with van der Waals surface area (Å²) in [5.41, 5.74) is 3.46. The Balaban J connectivity index is 1.26. The van der Waals surface area contributed by atoms with Crippen LogP contribution in [0, 0.1) is 0 Å². The van der Waals surface area contributed by atoms with Gasteiger partial charge in [0.25, 0.3) is 5.91 Å². The van der Waals surface area contributed by atoms with Crippen LogP contribution in [0.25, 0.3) is 0 Å². The molecule has 0 unspecified atom stereocenters. The quantitative estimate of drug-likeness (QED) is 0.480. The molecule has 1 saturated carbocycles. The summed E-state index contributed by atoms with van der Waals surface area (Å²) in [5.74, 6) is 0.511. The van der Waals surface area contributed by atoms with E-state index in [4.69, 9.17) is 4.74 Å². The van der Waals surface area contributed by atoms with Crippen molar-refractivity contribution in [1.29, 1.82) is 0 Å². The third-order valence-electron chi connectivity index (χ3n) is 6.39. The summed E-state index contributed by atoms with van der Waals surface area (Å²) in [5, 5.41) is 6.10. The van der Waals surface area contributed by atoms with Crippen molar-refractivity contribution in [3.8, 4) is 5.75 Å². The number of benzene rings is 2. The predicted molar refractivity (Wildman–Crippen MR) is 122 cm³/mol. The third kappa shape index (κ3) is 4.90. The molecule has 6 nitrogen and oxygen atoms in total. The average Bonchev–Trinajstić information content (AvgIpc) is 2.79. The van der Waals surface area contributed by atoms with Gasteiger partial charge in [0, 0.05) is 38.8 Å². The number of amides is 1. The minimum absolute atomic E-state index is 0.0965. The van der Waals surface area contributed by atoms with E-state index in [-0.39, 0.29) is 5.91 Å². The molecule has 1 fully saturated rings. The Morgan fingerprint density at radius 3 is 2.71 bits per heavy atom. The van der Waals surface area contributed by atoms with Gasteiger partial charge in [-0.1, -0.05) is 24.3 Å². The molecule has 6 heteroatoms. The van der Waals surface area contributed by atoms with Crippen LogP contribution in [0.1, 0.15) is 47.2 Å². The van der Waals surface area contributed by atoms with Gasteiger partial charge in [-0.05, 0) is 61.4 Å². The van der Waals surface area contributed by atoms with Crippen LogP contribution in [-0.4, -0.2) is 49.4 Å². The fraction of sp³-hybridized carbons (Fsp3) is 0.440. The van der Waals surface area contributed by atoms with E-state index in [1.165, 1.54) is 11.1 Å².